The van der Waals surface area contributed by atoms with Gasteiger partial charge in [-0.3, -0.25) is 0 Å². The van der Waals surface area contributed by atoms with Crippen LogP contribution in [0, 0.1) is 5.41 Å². The van der Waals surface area contributed by atoms with Gasteiger partial charge in [-0.2, -0.15) is 0 Å². The fourth-order valence-corrected chi connectivity index (χ4v) is 5.73. The van der Waals surface area contributed by atoms with Gasteiger partial charge in [-0.25, -0.2) is 0 Å². The quantitative estimate of drug-likeness (QED) is 0.835. The SMILES string of the molecule is COc1cccc([C@H]2OC3[C@H](C)O[C@H]4C[C@@]25CCCC[C@@]35O4)c1. The summed E-state index contributed by atoms with van der Waals surface area (Å²) in [5.74, 6) is 0.893. The highest BCUT2D eigenvalue weighted by molar-refractivity contribution is 5.35. The average molecular weight is 316 g/mol. The Balaban J connectivity index is 1.64. The molecule has 4 heteroatoms. The molecule has 1 aromatic carbocycles. The van der Waals surface area contributed by atoms with E-state index >= 15 is 0 Å². The number of hydrogen-bond acceptors (Lipinski definition) is 4. The lowest BCUT2D eigenvalue weighted by Crippen LogP contribution is -2.57. The van der Waals surface area contributed by atoms with Gasteiger partial charge >= 0.3 is 0 Å². The van der Waals surface area contributed by atoms with Gasteiger partial charge in [-0.1, -0.05) is 25.0 Å². The molecule has 6 atom stereocenters. The molecule has 4 fully saturated rings. The molecule has 0 radical (unpaired) electrons. The maximum Gasteiger partial charge on any atom is 0.159 e. The maximum absolute atomic E-state index is 6.64. The van der Waals surface area contributed by atoms with E-state index in [1.807, 2.05) is 6.07 Å². The normalized spacial score (nSPS) is 47.4. The molecule has 5 rings (SSSR count). The summed E-state index contributed by atoms with van der Waals surface area (Å²) in [6.07, 6.45) is 5.86. The maximum atomic E-state index is 6.64. The van der Waals surface area contributed by atoms with Crippen LogP contribution >= 0.6 is 0 Å². The Morgan fingerprint density at radius 2 is 2.04 bits per heavy atom. The third-order valence-corrected chi connectivity index (χ3v) is 6.57. The van der Waals surface area contributed by atoms with Crippen molar-refractivity contribution in [3.63, 3.8) is 0 Å². The Labute approximate surface area is 137 Å². The highest BCUT2D eigenvalue weighted by Crippen LogP contribution is 2.70. The molecule has 1 unspecified atom stereocenters. The van der Waals surface area contributed by atoms with Crippen LogP contribution in [-0.2, 0) is 14.2 Å². The van der Waals surface area contributed by atoms with Crippen LogP contribution < -0.4 is 4.74 Å². The van der Waals surface area contributed by atoms with E-state index < -0.39 is 0 Å². The van der Waals surface area contributed by atoms with Crippen LogP contribution in [0.5, 0.6) is 5.75 Å². The van der Waals surface area contributed by atoms with Crippen molar-refractivity contribution in [1.29, 1.82) is 0 Å². The lowest BCUT2D eigenvalue weighted by molar-refractivity contribution is -0.287. The molecule has 1 aromatic rings. The first-order valence-corrected chi connectivity index (χ1v) is 8.81. The number of benzene rings is 1. The molecule has 4 aliphatic rings. The number of rotatable bonds is 2. The first kappa shape index (κ1) is 14.3. The summed E-state index contributed by atoms with van der Waals surface area (Å²) in [7, 11) is 1.72. The van der Waals surface area contributed by atoms with Gasteiger partial charge in [0.25, 0.3) is 0 Å². The summed E-state index contributed by atoms with van der Waals surface area (Å²) in [6, 6.07) is 8.35. The molecule has 1 saturated carbocycles. The summed E-state index contributed by atoms with van der Waals surface area (Å²) < 4.78 is 24.6. The molecule has 124 valence electrons. The molecular weight excluding hydrogens is 292 g/mol. The van der Waals surface area contributed by atoms with Gasteiger partial charge in [0.1, 0.15) is 17.5 Å². The second kappa shape index (κ2) is 4.71. The molecule has 1 spiro atoms. The van der Waals surface area contributed by atoms with Crippen LogP contribution in [0.25, 0.3) is 0 Å². The van der Waals surface area contributed by atoms with Gasteiger partial charge in [0.05, 0.1) is 19.3 Å². The van der Waals surface area contributed by atoms with Crippen LogP contribution in [0.2, 0.25) is 0 Å². The summed E-state index contributed by atoms with van der Waals surface area (Å²) >= 11 is 0. The van der Waals surface area contributed by atoms with E-state index in [9.17, 15) is 0 Å². The van der Waals surface area contributed by atoms with Crippen LogP contribution in [0.4, 0.5) is 0 Å². The first-order valence-electron chi connectivity index (χ1n) is 8.81. The molecule has 3 aliphatic heterocycles. The molecule has 23 heavy (non-hydrogen) atoms. The average Bonchev–Trinajstić information content (AvgIpc) is 3.01. The summed E-state index contributed by atoms with van der Waals surface area (Å²) in [5, 5.41) is 0. The Morgan fingerprint density at radius 1 is 1.17 bits per heavy atom. The smallest absolute Gasteiger partial charge is 0.159 e. The van der Waals surface area contributed by atoms with Crippen molar-refractivity contribution in [2.24, 2.45) is 5.41 Å². The number of hydrogen-bond donors (Lipinski definition) is 0. The molecule has 0 aromatic heterocycles. The second-order valence-corrected chi connectivity index (χ2v) is 7.56. The van der Waals surface area contributed by atoms with Crippen molar-refractivity contribution >= 4 is 0 Å². The fraction of sp³-hybridized carbons (Fsp3) is 0.684. The van der Waals surface area contributed by atoms with Gasteiger partial charge in [0.15, 0.2) is 6.29 Å². The van der Waals surface area contributed by atoms with Crippen molar-refractivity contribution < 1.29 is 18.9 Å². The largest absolute Gasteiger partial charge is 0.497 e. The van der Waals surface area contributed by atoms with Crippen LogP contribution in [0.1, 0.15) is 50.7 Å². The third kappa shape index (κ3) is 1.67. The van der Waals surface area contributed by atoms with Gasteiger partial charge in [-0.05, 0) is 37.5 Å². The minimum atomic E-state index is -0.151. The lowest BCUT2D eigenvalue weighted by atomic mass is 9.59. The molecule has 0 amide bonds. The fourth-order valence-electron chi connectivity index (χ4n) is 5.73. The van der Waals surface area contributed by atoms with Crippen LogP contribution in [-0.4, -0.2) is 31.2 Å². The molecule has 1 aliphatic carbocycles. The zero-order valence-corrected chi connectivity index (χ0v) is 13.8. The predicted octanol–water partition coefficient (Wildman–Crippen LogP) is 3.60. The standard InChI is InChI=1S/C19H24O4/c1-12-16-19-9-4-3-8-18(19,11-15(21-12)23-19)17(22-16)13-6-5-7-14(10-13)20-2/h5-7,10,12,15-17H,3-4,8-9,11H2,1-2H3/t12-,15+,16?,17+,18-,19+/m0/s1. The van der Waals surface area contributed by atoms with Gasteiger partial charge in [-0.15, -0.1) is 0 Å². The van der Waals surface area contributed by atoms with Crippen molar-refractivity contribution in [2.75, 3.05) is 7.11 Å². The minimum absolute atomic E-state index is 0.0396. The van der Waals surface area contributed by atoms with Crippen LogP contribution in [0.3, 0.4) is 0 Å². The van der Waals surface area contributed by atoms with E-state index in [4.69, 9.17) is 18.9 Å². The summed E-state index contributed by atoms with van der Waals surface area (Å²) in [5.41, 5.74) is 1.12. The van der Waals surface area contributed by atoms with E-state index in [-0.39, 0.29) is 35.6 Å². The van der Waals surface area contributed by atoms with Gasteiger partial charge in [0.2, 0.25) is 0 Å². The topological polar surface area (TPSA) is 36.9 Å². The monoisotopic (exact) mass is 316 g/mol. The summed E-state index contributed by atoms with van der Waals surface area (Å²) in [6.45, 7) is 2.14. The van der Waals surface area contributed by atoms with E-state index in [1.54, 1.807) is 7.11 Å². The predicted molar refractivity (Wildman–Crippen MR) is 84.3 cm³/mol. The van der Waals surface area contributed by atoms with Crippen molar-refractivity contribution in [3.8, 4) is 5.75 Å². The number of fused-ring (bicyclic) bond motifs is 1. The molecular formula is C19H24O4. The number of ether oxygens (including phenoxy) is 4. The zero-order chi connectivity index (χ0) is 15.7. The Kier molecular flexibility index (Phi) is 2.92. The number of methoxy groups -OCH3 is 1. The first-order chi connectivity index (χ1) is 11.2. The van der Waals surface area contributed by atoms with E-state index in [1.165, 1.54) is 18.4 Å². The Bertz CT molecular complexity index is 632. The minimum Gasteiger partial charge on any atom is -0.497 e. The molecule has 2 bridgehead atoms. The van der Waals surface area contributed by atoms with Crippen molar-refractivity contribution in [1.82, 2.24) is 0 Å². The zero-order valence-electron chi connectivity index (χ0n) is 13.8. The Hall–Kier alpha value is -1.10. The highest BCUT2D eigenvalue weighted by atomic mass is 16.7. The Morgan fingerprint density at radius 3 is 2.91 bits per heavy atom. The lowest BCUT2D eigenvalue weighted by Gasteiger charge is -2.47. The molecule has 0 N–H and O–H groups in total. The molecule has 3 heterocycles. The van der Waals surface area contributed by atoms with Crippen molar-refractivity contribution in [3.05, 3.63) is 29.8 Å². The van der Waals surface area contributed by atoms with Gasteiger partial charge in [0, 0.05) is 11.8 Å². The van der Waals surface area contributed by atoms with E-state index in [2.05, 4.69) is 25.1 Å². The second-order valence-electron chi connectivity index (χ2n) is 7.56. The third-order valence-electron chi connectivity index (χ3n) is 6.57. The summed E-state index contributed by atoms with van der Waals surface area (Å²) in [4.78, 5) is 0. The van der Waals surface area contributed by atoms with E-state index in [0.29, 0.717) is 0 Å². The molecule has 3 saturated heterocycles. The van der Waals surface area contributed by atoms with Crippen LogP contribution in [0.15, 0.2) is 24.3 Å². The highest BCUT2D eigenvalue weighted by Gasteiger charge is 2.75. The van der Waals surface area contributed by atoms with Gasteiger partial charge < -0.3 is 18.9 Å². The van der Waals surface area contributed by atoms with E-state index in [0.717, 1.165) is 25.0 Å². The van der Waals surface area contributed by atoms with Crippen molar-refractivity contribution in [2.45, 2.75) is 69.2 Å². The molecule has 4 nitrogen and oxygen atoms in total.